The maximum atomic E-state index is 12.1. The Morgan fingerprint density at radius 3 is 2.48 bits per heavy atom. The molecule has 3 N–H and O–H groups in total. The molecule has 25 heavy (non-hydrogen) atoms. The zero-order chi connectivity index (χ0) is 17.5. The molecule has 136 valence electrons. The number of amides is 2. The summed E-state index contributed by atoms with van der Waals surface area (Å²) in [4.78, 5) is 23.7. The van der Waals surface area contributed by atoms with E-state index >= 15 is 0 Å². The number of benzene rings is 1. The van der Waals surface area contributed by atoms with E-state index in [4.69, 9.17) is 4.74 Å². The lowest BCUT2D eigenvalue weighted by Gasteiger charge is -2.21. The minimum atomic E-state index is -0.0628. The Kier molecular flexibility index (Phi) is 6.28. The normalized spacial score (nSPS) is 17.8. The molecule has 0 spiro atoms. The SMILES string of the molecule is O=C(COc1ccc(CCNC(=O)C2CCNCC2)cc1)NC1CC1. The molecule has 6 heteroatoms. The van der Waals surface area contributed by atoms with Gasteiger partial charge in [0.05, 0.1) is 0 Å². The van der Waals surface area contributed by atoms with E-state index in [1.165, 1.54) is 0 Å². The first-order valence-corrected chi connectivity index (χ1v) is 9.20. The van der Waals surface area contributed by atoms with Gasteiger partial charge in [-0.05, 0) is 62.9 Å². The molecule has 1 saturated heterocycles. The molecule has 0 radical (unpaired) electrons. The molecule has 1 aliphatic carbocycles. The summed E-state index contributed by atoms with van der Waals surface area (Å²) in [5.74, 6) is 0.947. The summed E-state index contributed by atoms with van der Waals surface area (Å²) in [5, 5.41) is 9.19. The van der Waals surface area contributed by atoms with Gasteiger partial charge in [0.25, 0.3) is 5.91 Å². The highest BCUT2D eigenvalue weighted by Gasteiger charge is 2.23. The second-order valence-corrected chi connectivity index (χ2v) is 6.84. The summed E-state index contributed by atoms with van der Waals surface area (Å²) >= 11 is 0. The van der Waals surface area contributed by atoms with E-state index < -0.39 is 0 Å². The van der Waals surface area contributed by atoms with Crippen LogP contribution in [0.1, 0.15) is 31.2 Å². The van der Waals surface area contributed by atoms with Gasteiger partial charge < -0.3 is 20.7 Å². The van der Waals surface area contributed by atoms with Crippen molar-refractivity contribution in [1.82, 2.24) is 16.0 Å². The van der Waals surface area contributed by atoms with Crippen molar-refractivity contribution in [2.45, 2.75) is 38.1 Å². The van der Waals surface area contributed by atoms with Crippen molar-refractivity contribution in [1.29, 1.82) is 0 Å². The number of nitrogens with one attached hydrogen (secondary N) is 3. The summed E-state index contributed by atoms with van der Waals surface area (Å²) in [6, 6.07) is 8.05. The summed E-state index contributed by atoms with van der Waals surface area (Å²) in [6.07, 6.45) is 4.79. The zero-order valence-corrected chi connectivity index (χ0v) is 14.6. The van der Waals surface area contributed by atoms with Gasteiger partial charge in [0.15, 0.2) is 6.61 Å². The third-order valence-electron chi connectivity index (χ3n) is 4.66. The summed E-state index contributed by atoms with van der Waals surface area (Å²) in [6.45, 7) is 2.56. The average Bonchev–Trinajstić information content (AvgIpc) is 3.45. The van der Waals surface area contributed by atoms with E-state index in [-0.39, 0.29) is 24.3 Å². The Hall–Kier alpha value is -2.08. The lowest BCUT2D eigenvalue weighted by molar-refractivity contribution is -0.125. The van der Waals surface area contributed by atoms with E-state index in [1.54, 1.807) is 0 Å². The Bertz CT molecular complexity index is 578. The quantitative estimate of drug-likeness (QED) is 0.657. The van der Waals surface area contributed by atoms with Crippen LogP contribution in [0.3, 0.4) is 0 Å². The Morgan fingerprint density at radius 1 is 1.08 bits per heavy atom. The second-order valence-electron chi connectivity index (χ2n) is 6.84. The highest BCUT2D eigenvalue weighted by Crippen LogP contribution is 2.18. The van der Waals surface area contributed by atoms with Crippen LogP contribution in [0, 0.1) is 5.92 Å². The fourth-order valence-electron chi connectivity index (χ4n) is 2.96. The van der Waals surface area contributed by atoms with E-state index in [1.807, 2.05) is 24.3 Å². The third-order valence-corrected chi connectivity index (χ3v) is 4.66. The number of carbonyl (C=O) groups excluding carboxylic acids is 2. The van der Waals surface area contributed by atoms with Crippen molar-refractivity contribution in [2.24, 2.45) is 5.92 Å². The zero-order valence-electron chi connectivity index (χ0n) is 14.6. The fourth-order valence-corrected chi connectivity index (χ4v) is 2.96. The number of carbonyl (C=O) groups is 2. The van der Waals surface area contributed by atoms with Gasteiger partial charge in [0, 0.05) is 18.5 Å². The van der Waals surface area contributed by atoms with Crippen molar-refractivity contribution in [3.8, 4) is 5.75 Å². The van der Waals surface area contributed by atoms with E-state index in [2.05, 4.69) is 16.0 Å². The van der Waals surface area contributed by atoms with Gasteiger partial charge in [-0.2, -0.15) is 0 Å². The first kappa shape index (κ1) is 17.7. The molecule has 2 aliphatic rings. The third kappa shape index (κ3) is 6.05. The van der Waals surface area contributed by atoms with Crippen molar-refractivity contribution in [2.75, 3.05) is 26.2 Å². The van der Waals surface area contributed by atoms with Crippen molar-refractivity contribution in [3.05, 3.63) is 29.8 Å². The molecular weight excluding hydrogens is 318 g/mol. The van der Waals surface area contributed by atoms with Gasteiger partial charge in [0.1, 0.15) is 5.75 Å². The minimum absolute atomic E-state index is 0.0577. The van der Waals surface area contributed by atoms with E-state index in [0.717, 1.165) is 50.8 Å². The molecule has 1 aliphatic heterocycles. The number of hydrogen-bond donors (Lipinski definition) is 3. The fraction of sp³-hybridized carbons (Fsp3) is 0.579. The molecular formula is C19H27N3O3. The van der Waals surface area contributed by atoms with Crippen LogP contribution < -0.4 is 20.7 Å². The summed E-state index contributed by atoms with van der Waals surface area (Å²) < 4.78 is 5.49. The molecule has 1 aromatic rings. The van der Waals surface area contributed by atoms with E-state index in [9.17, 15) is 9.59 Å². The minimum Gasteiger partial charge on any atom is -0.484 e. The monoisotopic (exact) mass is 345 g/mol. The highest BCUT2D eigenvalue weighted by molar-refractivity contribution is 5.79. The van der Waals surface area contributed by atoms with Crippen LogP contribution in [-0.2, 0) is 16.0 Å². The maximum absolute atomic E-state index is 12.1. The first-order chi connectivity index (χ1) is 12.2. The number of piperidine rings is 1. The lowest BCUT2D eigenvalue weighted by Crippen LogP contribution is -2.38. The molecule has 2 amide bonds. The molecule has 0 unspecified atom stereocenters. The van der Waals surface area contributed by atoms with Crippen molar-refractivity contribution in [3.63, 3.8) is 0 Å². The van der Waals surface area contributed by atoms with Crippen molar-refractivity contribution >= 4 is 11.8 Å². The molecule has 1 heterocycles. The molecule has 3 rings (SSSR count). The molecule has 0 aromatic heterocycles. The van der Waals surface area contributed by atoms with Gasteiger partial charge in [0.2, 0.25) is 5.91 Å². The van der Waals surface area contributed by atoms with Crippen LogP contribution in [0.15, 0.2) is 24.3 Å². The maximum Gasteiger partial charge on any atom is 0.258 e. The van der Waals surface area contributed by atoms with E-state index in [0.29, 0.717) is 18.3 Å². The van der Waals surface area contributed by atoms with Crippen LogP contribution in [0.5, 0.6) is 5.75 Å². The summed E-state index contributed by atoms with van der Waals surface area (Å²) in [5.41, 5.74) is 1.14. The van der Waals surface area contributed by atoms with Gasteiger partial charge >= 0.3 is 0 Å². The molecule has 1 saturated carbocycles. The Balaban J connectivity index is 1.34. The van der Waals surface area contributed by atoms with Crippen LogP contribution in [0.4, 0.5) is 0 Å². The number of hydrogen-bond acceptors (Lipinski definition) is 4. The van der Waals surface area contributed by atoms with Gasteiger partial charge in [-0.1, -0.05) is 12.1 Å². The standard InChI is InChI=1S/C19H27N3O3/c23-18(22-16-3-4-16)13-25-17-5-1-14(2-6-17)7-12-21-19(24)15-8-10-20-11-9-15/h1-2,5-6,15-16,20H,3-4,7-13H2,(H,21,24)(H,22,23). The molecule has 6 nitrogen and oxygen atoms in total. The van der Waals surface area contributed by atoms with Gasteiger partial charge in [-0.25, -0.2) is 0 Å². The van der Waals surface area contributed by atoms with Gasteiger partial charge in [-0.15, -0.1) is 0 Å². The van der Waals surface area contributed by atoms with Crippen LogP contribution in [-0.4, -0.2) is 44.1 Å². The van der Waals surface area contributed by atoms with Crippen LogP contribution in [0.25, 0.3) is 0 Å². The number of rotatable bonds is 8. The topological polar surface area (TPSA) is 79.5 Å². The number of ether oxygens (including phenoxy) is 1. The predicted octanol–water partition coefficient (Wildman–Crippen LogP) is 1.00. The molecule has 2 fully saturated rings. The van der Waals surface area contributed by atoms with Crippen molar-refractivity contribution < 1.29 is 14.3 Å². The Morgan fingerprint density at radius 2 is 1.80 bits per heavy atom. The predicted molar refractivity (Wildman–Crippen MR) is 95.4 cm³/mol. The first-order valence-electron chi connectivity index (χ1n) is 9.20. The smallest absolute Gasteiger partial charge is 0.258 e. The van der Waals surface area contributed by atoms with Crippen LogP contribution in [0.2, 0.25) is 0 Å². The van der Waals surface area contributed by atoms with Crippen LogP contribution >= 0.6 is 0 Å². The average molecular weight is 345 g/mol. The lowest BCUT2D eigenvalue weighted by atomic mass is 9.97. The highest BCUT2D eigenvalue weighted by atomic mass is 16.5. The molecule has 1 aromatic carbocycles. The van der Waals surface area contributed by atoms with Gasteiger partial charge in [-0.3, -0.25) is 9.59 Å². The molecule has 0 bridgehead atoms. The largest absolute Gasteiger partial charge is 0.484 e. The summed E-state index contributed by atoms with van der Waals surface area (Å²) in [7, 11) is 0. The Labute approximate surface area is 148 Å². The second kappa shape index (κ2) is 8.85. The molecule has 0 atom stereocenters.